The van der Waals surface area contributed by atoms with E-state index >= 15 is 0 Å². The minimum Gasteiger partial charge on any atom is -0.465 e. The van der Waals surface area contributed by atoms with Gasteiger partial charge in [-0.3, -0.25) is 5.32 Å². The molecule has 0 radical (unpaired) electrons. The van der Waals surface area contributed by atoms with Gasteiger partial charge in [0, 0.05) is 30.3 Å². The molecular weight excluding hydrogens is 582 g/mol. The molecule has 5 rings (SSSR count). The highest BCUT2D eigenvalue weighted by molar-refractivity contribution is 5.99. The number of aromatic nitrogens is 2. The van der Waals surface area contributed by atoms with E-state index in [0.717, 1.165) is 41.8 Å². The normalized spacial score (nSPS) is 13.6. The monoisotopic (exact) mass is 623 g/mol. The van der Waals surface area contributed by atoms with Gasteiger partial charge >= 0.3 is 18.1 Å². The second-order valence-corrected chi connectivity index (χ2v) is 12.7. The summed E-state index contributed by atoms with van der Waals surface area (Å²) in [4.78, 5) is 39.2. The fourth-order valence-corrected chi connectivity index (χ4v) is 5.37. The van der Waals surface area contributed by atoms with Crippen molar-refractivity contribution in [3.8, 4) is 11.4 Å². The van der Waals surface area contributed by atoms with Gasteiger partial charge in [-0.25, -0.2) is 19.1 Å². The number of esters is 1. The van der Waals surface area contributed by atoms with Crippen LogP contribution in [-0.2, 0) is 16.6 Å². The number of aryl methyl sites for hydroxylation is 1. The van der Waals surface area contributed by atoms with E-state index in [-0.39, 0.29) is 11.4 Å². The first-order valence-electron chi connectivity index (χ1n) is 15.5. The Bertz CT molecular complexity index is 1680. The molecule has 0 aliphatic carbocycles. The molecule has 0 unspecified atom stereocenters. The van der Waals surface area contributed by atoms with Crippen molar-refractivity contribution in [1.29, 1.82) is 0 Å². The number of hydrogen-bond donors (Lipinski definition) is 2. The van der Waals surface area contributed by atoms with Gasteiger partial charge in [0.2, 0.25) is 0 Å². The van der Waals surface area contributed by atoms with Gasteiger partial charge in [0.05, 0.1) is 24.1 Å². The molecule has 0 atom stereocenters. The fourth-order valence-electron chi connectivity index (χ4n) is 5.37. The van der Waals surface area contributed by atoms with Crippen molar-refractivity contribution < 1.29 is 23.9 Å². The van der Waals surface area contributed by atoms with Gasteiger partial charge in [-0.2, -0.15) is 5.10 Å². The van der Waals surface area contributed by atoms with E-state index in [0.29, 0.717) is 41.8 Å². The van der Waals surface area contributed by atoms with Crippen molar-refractivity contribution in [3.63, 3.8) is 0 Å². The minimum absolute atomic E-state index is 0.188. The van der Waals surface area contributed by atoms with Crippen molar-refractivity contribution in [2.45, 2.75) is 52.4 Å². The Morgan fingerprint density at radius 2 is 1.61 bits per heavy atom. The molecule has 1 fully saturated rings. The summed E-state index contributed by atoms with van der Waals surface area (Å²) in [5, 5.41) is 10.8. The lowest BCUT2D eigenvalue weighted by Gasteiger charge is -2.31. The Morgan fingerprint density at radius 1 is 0.913 bits per heavy atom. The molecule has 10 heteroatoms. The molecule has 3 aromatic carbocycles. The predicted molar refractivity (Wildman–Crippen MR) is 178 cm³/mol. The smallest absolute Gasteiger partial charge is 0.415 e. The zero-order valence-corrected chi connectivity index (χ0v) is 27.0. The van der Waals surface area contributed by atoms with Gasteiger partial charge in [0.25, 0.3) is 0 Å². The van der Waals surface area contributed by atoms with Crippen LogP contribution in [0.25, 0.3) is 5.69 Å². The molecule has 1 aromatic heterocycles. The molecule has 1 saturated heterocycles. The third kappa shape index (κ3) is 8.12. The van der Waals surface area contributed by atoms with Crippen molar-refractivity contribution in [2.75, 3.05) is 30.8 Å². The molecular formula is C36H41N5O5. The van der Waals surface area contributed by atoms with E-state index in [1.165, 1.54) is 7.11 Å². The quantitative estimate of drug-likeness (QED) is 0.208. The standard InChI is InChI=1S/C36H41N5O5/c1-24-9-13-29(14-10-24)41-32(23-31(39-41)36(2,3)4)38-34(43)37-28-8-6-7-26(22-28)21-25-17-19-40(20-18-25)35(44)46-30-15-11-27(12-16-30)33(42)45-5/h6-16,22-23,25H,17-21H2,1-5H3,(H2,37,38,43). The SMILES string of the molecule is COC(=O)c1ccc(OC(=O)N2CCC(Cc3cccc(NC(=O)Nc4cc(C(C)(C)C)nn4-c4ccc(C)cc4)c3)CC2)cc1. The van der Waals surface area contributed by atoms with Crippen LogP contribution in [0.4, 0.5) is 21.1 Å². The lowest BCUT2D eigenvalue weighted by molar-refractivity contribution is 0.0600. The average Bonchev–Trinajstić information content (AvgIpc) is 3.46. The van der Waals surface area contributed by atoms with E-state index in [9.17, 15) is 14.4 Å². The number of piperidine rings is 1. The predicted octanol–water partition coefficient (Wildman–Crippen LogP) is 7.36. The number of rotatable bonds is 7. The Kier molecular flexibility index (Phi) is 9.75. The molecule has 0 bridgehead atoms. The summed E-state index contributed by atoms with van der Waals surface area (Å²) in [6.45, 7) is 9.49. The number of anilines is 2. The second kappa shape index (κ2) is 13.9. The number of carbonyl (C=O) groups is 3. The number of likely N-dealkylation sites (tertiary alicyclic amines) is 1. The van der Waals surface area contributed by atoms with E-state index in [4.69, 9.17) is 14.6 Å². The van der Waals surface area contributed by atoms with Crippen molar-refractivity contribution in [1.82, 2.24) is 14.7 Å². The number of ether oxygens (including phenoxy) is 2. The Labute approximate surface area is 269 Å². The molecule has 4 aromatic rings. The number of nitrogens with one attached hydrogen (secondary N) is 2. The largest absolute Gasteiger partial charge is 0.465 e. The summed E-state index contributed by atoms with van der Waals surface area (Å²) in [6, 6.07) is 23.8. The van der Waals surface area contributed by atoms with Crippen LogP contribution in [0.1, 0.15) is 60.8 Å². The molecule has 1 aliphatic heterocycles. The lowest BCUT2D eigenvalue weighted by Crippen LogP contribution is -2.40. The van der Waals surface area contributed by atoms with Gasteiger partial charge in [0.1, 0.15) is 11.6 Å². The maximum Gasteiger partial charge on any atom is 0.415 e. The van der Waals surface area contributed by atoms with E-state index in [1.807, 2.05) is 55.5 Å². The van der Waals surface area contributed by atoms with Crippen LogP contribution in [0, 0.1) is 12.8 Å². The van der Waals surface area contributed by atoms with Crippen LogP contribution < -0.4 is 15.4 Å². The minimum atomic E-state index is -0.443. The second-order valence-electron chi connectivity index (χ2n) is 12.7. The molecule has 1 aliphatic rings. The van der Waals surface area contributed by atoms with Crippen LogP contribution in [0.5, 0.6) is 5.75 Å². The highest BCUT2D eigenvalue weighted by Crippen LogP contribution is 2.27. The van der Waals surface area contributed by atoms with Crippen LogP contribution in [0.2, 0.25) is 0 Å². The van der Waals surface area contributed by atoms with E-state index < -0.39 is 12.1 Å². The number of benzene rings is 3. The summed E-state index contributed by atoms with van der Waals surface area (Å²) in [5.41, 5.74) is 4.91. The van der Waals surface area contributed by atoms with Crippen LogP contribution in [0.15, 0.2) is 78.9 Å². The molecule has 0 saturated carbocycles. The third-order valence-electron chi connectivity index (χ3n) is 8.06. The fraction of sp³-hybridized carbons (Fsp3) is 0.333. The van der Waals surface area contributed by atoms with E-state index in [1.54, 1.807) is 33.8 Å². The number of nitrogens with zero attached hydrogens (tertiary/aromatic N) is 3. The number of carbonyl (C=O) groups excluding carboxylic acids is 3. The molecule has 3 amide bonds. The average molecular weight is 624 g/mol. The first kappa shape index (κ1) is 32.3. The highest BCUT2D eigenvalue weighted by atomic mass is 16.6. The van der Waals surface area contributed by atoms with Gasteiger partial charge in [-0.05, 0) is 86.2 Å². The molecule has 10 nitrogen and oxygen atoms in total. The van der Waals surface area contributed by atoms with Crippen molar-refractivity contribution in [3.05, 3.63) is 101 Å². The number of hydrogen-bond acceptors (Lipinski definition) is 6. The Hall–Kier alpha value is -5.12. The first-order valence-corrected chi connectivity index (χ1v) is 15.5. The maximum absolute atomic E-state index is 13.1. The van der Waals surface area contributed by atoms with Gasteiger partial charge < -0.3 is 19.7 Å². The highest BCUT2D eigenvalue weighted by Gasteiger charge is 2.25. The van der Waals surface area contributed by atoms with Crippen molar-refractivity contribution >= 4 is 29.6 Å². The number of methoxy groups -OCH3 is 1. The van der Waals surface area contributed by atoms with Crippen molar-refractivity contribution in [2.24, 2.45) is 5.92 Å². The lowest BCUT2D eigenvalue weighted by atomic mass is 9.90. The molecule has 2 N–H and O–H groups in total. The summed E-state index contributed by atoms with van der Waals surface area (Å²) >= 11 is 0. The summed E-state index contributed by atoms with van der Waals surface area (Å²) in [7, 11) is 1.32. The maximum atomic E-state index is 13.1. The molecule has 0 spiro atoms. The number of amides is 3. The van der Waals surface area contributed by atoms with Crippen LogP contribution in [-0.4, -0.2) is 53.0 Å². The van der Waals surface area contributed by atoms with Crippen LogP contribution in [0.3, 0.4) is 0 Å². The zero-order chi connectivity index (χ0) is 32.8. The first-order chi connectivity index (χ1) is 22.0. The molecule has 2 heterocycles. The van der Waals surface area contributed by atoms with Gasteiger partial charge in [-0.1, -0.05) is 50.6 Å². The number of urea groups is 1. The molecule has 46 heavy (non-hydrogen) atoms. The van der Waals surface area contributed by atoms with E-state index in [2.05, 4.69) is 37.5 Å². The summed E-state index contributed by atoms with van der Waals surface area (Å²) < 4.78 is 12.0. The summed E-state index contributed by atoms with van der Waals surface area (Å²) in [5.74, 6) is 0.918. The topological polar surface area (TPSA) is 115 Å². The zero-order valence-electron chi connectivity index (χ0n) is 27.0. The van der Waals surface area contributed by atoms with Gasteiger partial charge in [0.15, 0.2) is 0 Å². The van der Waals surface area contributed by atoms with Gasteiger partial charge in [-0.15, -0.1) is 0 Å². The summed E-state index contributed by atoms with van der Waals surface area (Å²) in [6.07, 6.45) is 2.12. The molecule has 240 valence electrons. The third-order valence-corrected chi connectivity index (χ3v) is 8.06. The van der Waals surface area contributed by atoms with Crippen LogP contribution >= 0.6 is 0 Å². The Balaban J connectivity index is 1.15. The Morgan fingerprint density at radius 3 is 2.26 bits per heavy atom.